The van der Waals surface area contributed by atoms with E-state index in [0.717, 1.165) is 0 Å². The van der Waals surface area contributed by atoms with Crippen LogP contribution in [-0.2, 0) is 23.7 Å². The van der Waals surface area contributed by atoms with E-state index in [1.165, 1.54) is 0 Å². The lowest BCUT2D eigenvalue weighted by Crippen LogP contribution is -2.44. The summed E-state index contributed by atoms with van der Waals surface area (Å²) in [6, 6.07) is -2.46. The minimum absolute atomic E-state index is 0.0374. The van der Waals surface area contributed by atoms with E-state index in [0.29, 0.717) is 0 Å². The Morgan fingerprint density at radius 2 is 1.95 bits per heavy atom. The Balaban J connectivity index is 4.55. The van der Waals surface area contributed by atoms with Crippen molar-refractivity contribution in [2.75, 3.05) is 12.4 Å². The van der Waals surface area contributed by atoms with Gasteiger partial charge in [0, 0.05) is 12.2 Å². The summed E-state index contributed by atoms with van der Waals surface area (Å²) in [5.74, 6) is -3.13. The van der Waals surface area contributed by atoms with Gasteiger partial charge in [-0.3, -0.25) is 9.59 Å². The van der Waals surface area contributed by atoms with Crippen molar-refractivity contribution < 1.29 is 38.6 Å². The Labute approximate surface area is 130 Å². The van der Waals surface area contributed by atoms with Gasteiger partial charge in [0.15, 0.2) is 0 Å². The number of hydrogen-bond acceptors (Lipinski definition) is 7. The van der Waals surface area contributed by atoms with Crippen molar-refractivity contribution in [2.24, 2.45) is 5.73 Å². The average Bonchev–Trinajstić information content (AvgIpc) is 2.39. The minimum Gasteiger partial charge on any atom is -0.480 e. The third-order valence-corrected chi connectivity index (χ3v) is 4.59. The van der Waals surface area contributed by atoms with Crippen LogP contribution in [0, 0.1) is 0 Å². The molecule has 0 saturated heterocycles. The summed E-state index contributed by atoms with van der Waals surface area (Å²) in [7, 11) is 0. The number of esters is 1. The summed E-state index contributed by atoms with van der Waals surface area (Å²) in [4.78, 5) is 51.3. The van der Waals surface area contributed by atoms with Gasteiger partial charge in [0.25, 0.3) is 0 Å². The monoisotopic (exact) mass is 358 g/mol. The van der Waals surface area contributed by atoms with Crippen LogP contribution < -0.4 is 11.1 Å². The molecule has 0 bridgehead atoms. The maximum atomic E-state index is 11.6. The lowest BCUT2D eigenvalue weighted by Gasteiger charge is -2.17. The van der Waals surface area contributed by atoms with E-state index in [9.17, 15) is 18.9 Å². The van der Waals surface area contributed by atoms with Crippen LogP contribution in [0.25, 0.3) is 0 Å². The summed E-state index contributed by atoms with van der Waals surface area (Å²) in [6.45, 7) is -2.83. The van der Waals surface area contributed by atoms with Gasteiger partial charge >= 0.3 is 18.7 Å². The average molecular weight is 358 g/mol. The Morgan fingerprint density at radius 3 is 2.41 bits per heavy atom. The van der Waals surface area contributed by atoms with Gasteiger partial charge in [-0.1, -0.05) is 0 Å². The number of carbonyl (C=O) groups is 3. The molecule has 0 spiro atoms. The predicted octanol–water partition coefficient (Wildman–Crippen LogP) is -0.948. The van der Waals surface area contributed by atoms with Crippen molar-refractivity contribution in [1.82, 2.24) is 5.32 Å². The van der Waals surface area contributed by atoms with Crippen LogP contribution in [0.1, 0.15) is 19.8 Å². The molecule has 0 aromatic rings. The fourth-order valence-electron chi connectivity index (χ4n) is 1.26. The molecule has 0 saturated carbocycles. The molecular weight excluding hydrogens is 339 g/mol. The molecule has 1 unspecified atom stereocenters. The number of carbonyl (C=O) groups excluding carboxylic acids is 2. The quantitative estimate of drug-likeness (QED) is 0.242. The fourth-order valence-corrected chi connectivity index (χ4v) is 2.85. The van der Waals surface area contributed by atoms with E-state index in [-0.39, 0.29) is 36.6 Å². The summed E-state index contributed by atoms with van der Waals surface area (Å²) in [6.07, 6.45) is -0.383. The third kappa shape index (κ3) is 9.74. The van der Waals surface area contributed by atoms with Crippen molar-refractivity contribution >= 4 is 36.0 Å². The minimum atomic E-state index is -4.41. The van der Waals surface area contributed by atoms with Gasteiger partial charge in [-0.05, 0) is 24.7 Å². The highest BCUT2D eigenvalue weighted by molar-refractivity contribution is 8.54. The topological polar surface area (TPSA) is 176 Å². The summed E-state index contributed by atoms with van der Waals surface area (Å²) in [5.41, 5.74) is 5.24. The van der Waals surface area contributed by atoms with Gasteiger partial charge in [-0.25, -0.2) is 9.36 Å². The Hall–Kier alpha value is -1.13. The second kappa shape index (κ2) is 9.80. The van der Waals surface area contributed by atoms with Crippen LogP contribution in [0.15, 0.2) is 0 Å². The normalized spacial score (nSPS) is 14.0. The molecule has 0 heterocycles. The predicted molar refractivity (Wildman–Crippen MR) is 77.9 cm³/mol. The number of ether oxygens (including phenoxy) is 1. The second-order valence-electron chi connectivity index (χ2n) is 4.14. The highest BCUT2D eigenvalue weighted by atomic mass is 32.7. The molecule has 2 atom stereocenters. The smallest absolute Gasteiger partial charge is 0.384 e. The van der Waals surface area contributed by atoms with E-state index in [1.807, 2.05) is 0 Å². The first-order chi connectivity index (χ1) is 10.1. The summed E-state index contributed by atoms with van der Waals surface area (Å²) >= 11 is 0.199. The molecule has 0 aliphatic carbocycles. The molecule has 0 aromatic carbocycles. The highest BCUT2D eigenvalue weighted by Gasteiger charge is 2.26. The zero-order valence-electron chi connectivity index (χ0n) is 11.8. The lowest BCUT2D eigenvalue weighted by molar-refractivity contribution is -0.146. The van der Waals surface area contributed by atoms with Crippen LogP contribution in [0.4, 0.5) is 0 Å². The number of carboxylic acid groups (broad SMARTS) is 1. The SMILES string of the molecule is CCOC(=O)[C@H](CSP(=O)(O)O)NC(=O)CCC(N)C(=O)O. The van der Waals surface area contributed by atoms with Crippen molar-refractivity contribution in [3.63, 3.8) is 0 Å². The van der Waals surface area contributed by atoms with Gasteiger partial charge in [-0.2, -0.15) is 0 Å². The Bertz CT molecular complexity index is 454. The molecule has 0 fully saturated rings. The number of nitrogens with one attached hydrogen (secondary N) is 1. The van der Waals surface area contributed by atoms with E-state index in [4.69, 9.17) is 25.4 Å². The molecule has 10 nitrogen and oxygen atoms in total. The first kappa shape index (κ1) is 20.9. The highest BCUT2D eigenvalue weighted by Crippen LogP contribution is 2.50. The van der Waals surface area contributed by atoms with Crippen molar-refractivity contribution in [3.05, 3.63) is 0 Å². The molecule has 12 heteroatoms. The van der Waals surface area contributed by atoms with Gasteiger partial charge in [0.2, 0.25) is 5.91 Å². The number of aliphatic carboxylic acids is 1. The van der Waals surface area contributed by atoms with Crippen LogP contribution >= 0.6 is 18.2 Å². The summed E-state index contributed by atoms with van der Waals surface area (Å²) in [5, 5.41) is 10.8. The Kier molecular flexibility index (Phi) is 9.30. The molecule has 128 valence electrons. The van der Waals surface area contributed by atoms with Gasteiger partial charge < -0.3 is 30.7 Å². The van der Waals surface area contributed by atoms with Crippen LogP contribution in [0.3, 0.4) is 0 Å². The molecule has 0 aliphatic rings. The van der Waals surface area contributed by atoms with E-state index in [2.05, 4.69) is 5.32 Å². The zero-order chi connectivity index (χ0) is 17.3. The molecule has 1 amide bonds. The number of carboxylic acids is 1. The molecule has 0 aliphatic heterocycles. The van der Waals surface area contributed by atoms with Gasteiger partial charge in [0.1, 0.15) is 12.1 Å². The molecular formula is C10H19N2O8PS. The van der Waals surface area contributed by atoms with Gasteiger partial charge in [0.05, 0.1) is 6.61 Å². The lowest BCUT2D eigenvalue weighted by atomic mass is 10.1. The maximum absolute atomic E-state index is 11.6. The largest absolute Gasteiger partial charge is 0.480 e. The molecule has 0 rings (SSSR count). The van der Waals surface area contributed by atoms with Crippen molar-refractivity contribution in [1.29, 1.82) is 0 Å². The number of amides is 1. The number of rotatable bonds is 10. The third-order valence-electron chi connectivity index (χ3n) is 2.32. The zero-order valence-corrected chi connectivity index (χ0v) is 13.5. The first-order valence-corrected chi connectivity index (χ1v) is 9.41. The number of hydrogen-bond donors (Lipinski definition) is 5. The van der Waals surface area contributed by atoms with E-state index < -0.39 is 36.7 Å². The maximum Gasteiger partial charge on any atom is 0.384 e. The van der Waals surface area contributed by atoms with Crippen LogP contribution in [-0.4, -0.2) is 57.2 Å². The van der Waals surface area contributed by atoms with E-state index >= 15 is 0 Å². The summed E-state index contributed by atoms with van der Waals surface area (Å²) < 4.78 is 15.5. The fraction of sp³-hybridized carbons (Fsp3) is 0.700. The van der Waals surface area contributed by atoms with Crippen LogP contribution in [0.5, 0.6) is 0 Å². The van der Waals surface area contributed by atoms with Crippen molar-refractivity contribution in [2.45, 2.75) is 31.8 Å². The van der Waals surface area contributed by atoms with E-state index in [1.54, 1.807) is 6.92 Å². The second-order valence-corrected chi connectivity index (χ2v) is 7.92. The molecule has 6 N–H and O–H groups in total. The Morgan fingerprint density at radius 1 is 1.36 bits per heavy atom. The van der Waals surface area contributed by atoms with Crippen LogP contribution in [0.2, 0.25) is 0 Å². The first-order valence-electron chi connectivity index (χ1n) is 6.21. The standard InChI is InChI=1S/C10H19N2O8PS/c1-2-20-10(16)7(5-22-21(17,18)19)12-8(13)4-3-6(11)9(14)15/h6-7H,2-5,11H2,1H3,(H,12,13)(H,14,15)(H2,17,18,19)/t6?,7-/m0/s1. The molecule has 0 aromatic heterocycles. The van der Waals surface area contributed by atoms with Crippen molar-refractivity contribution in [3.8, 4) is 0 Å². The van der Waals surface area contributed by atoms with Gasteiger partial charge in [-0.15, -0.1) is 0 Å². The number of nitrogens with two attached hydrogens (primary N) is 1. The molecule has 0 radical (unpaired) electrons. The molecule has 22 heavy (non-hydrogen) atoms.